The van der Waals surface area contributed by atoms with E-state index in [-0.39, 0.29) is 11.8 Å². The Balaban J connectivity index is 1.97. The van der Waals surface area contributed by atoms with Crippen molar-refractivity contribution in [2.75, 3.05) is 18.5 Å². The summed E-state index contributed by atoms with van der Waals surface area (Å²) in [6.07, 6.45) is -0.0974. The number of benzene rings is 1. The van der Waals surface area contributed by atoms with Crippen LogP contribution in [0.15, 0.2) is 24.3 Å². The largest absolute Gasteiger partial charge is 0.377 e. The molecule has 1 unspecified atom stereocenters. The van der Waals surface area contributed by atoms with Crippen molar-refractivity contribution in [3.05, 3.63) is 34.4 Å². The van der Waals surface area contributed by atoms with Gasteiger partial charge in [-0.2, -0.15) is 0 Å². The zero-order valence-electron chi connectivity index (χ0n) is 10.4. The molecular weight excluding hydrogens is 236 g/mol. The summed E-state index contributed by atoms with van der Waals surface area (Å²) < 4.78 is 11.0. The third kappa shape index (κ3) is 2.96. The Bertz CT molecular complexity index is 447. The normalized spacial score (nSPS) is 21.8. The highest BCUT2D eigenvalue weighted by atomic mass is 16.7. The average molecular weight is 252 g/mol. The van der Waals surface area contributed by atoms with Crippen molar-refractivity contribution in [2.45, 2.75) is 25.7 Å². The number of ether oxygens (including phenoxy) is 2. The molecule has 1 aromatic carbocycles. The summed E-state index contributed by atoms with van der Waals surface area (Å²) in [5.41, 5.74) is 0.562. The standard InChI is InChI=1S/C12H16N2O4/c1-12(2)17-8-9(18-12)7-13-10-5-3-4-6-11(10)14(15)16/h3-6,9,13H,7-8H2,1-2H3. The molecule has 1 atom stereocenters. The predicted molar refractivity (Wildman–Crippen MR) is 66.5 cm³/mol. The molecular formula is C12H16N2O4. The summed E-state index contributed by atoms with van der Waals surface area (Å²) in [6, 6.07) is 6.55. The molecule has 1 fully saturated rings. The van der Waals surface area contributed by atoms with Crippen molar-refractivity contribution in [1.29, 1.82) is 0 Å². The Hall–Kier alpha value is -1.66. The van der Waals surface area contributed by atoms with Crippen LogP contribution in [0.5, 0.6) is 0 Å². The van der Waals surface area contributed by atoms with E-state index in [0.717, 1.165) is 0 Å². The van der Waals surface area contributed by atoms with Crippen LogP contribution in [0.1, 0.15) is 13.8 Å². The van der Waals surface area contributed by atoms with Gasteiger partial charge in [-0.1, -0.05) is 12.1 Å². The molecule has 98 valence electrons. The molecule has 0 radical (unpaired) electrons. The van der Waals surface area contributed by atoms with Crippen LogP contribution in [-0.4, -0.2) is 30.0 Å². The van der Waals surface area contributed by atoms with Crippen LogP contribution in [0.25, 0.3) is 0 Å². The van der Waals surface area contributed by atoms with Crippen LogP contribution in [0, 0.1) is 10.1 Å². The summed E-state index contributed by atoms with van der Waals surface area (Å²) in [6.45, 7) is 4.66. The summed E-state index contributed by atoms with van der Waals surface area (Å²) in [5.74, 6) is -0.574. The maximum Gasteiger partial charge on any atom is 0.292 e. The lowest BCUT2D eigenvalue weighted by Crippen LogP contribution is -2.26. The monoisotopic (exact) mass is 252 g/mol. The van der Waals surface area contributed by atoms with Gasteiger partial charge in [-0.05, 0) is 19.9 Å². The van der Waals surface area contributed by atoms with E-state index in [1.807, 2.05) is 13.8 Å². The Kier molecular flexibility index (Phi) is 3.49. The molecule has 0 aliphatic carbocycles. The molecule has 1 saturated heterocycles. The Labute approximate surface area is 105 Å². The smallest absolute Gasteiger partial charge is 0.292 e. The van der Waals surface area contributed by atoms with Gasteiger partial charge in [0.05, 0.1) is 11.5 Å². The second kappa shape index (κ2) is 4.91. The first kappa shape index (κ1) is 12.8. The summed E-state index contributed by atoms with van der Waals surface area (Å²) in [4.78, 5) is 10.4. The molecule has 1 aromatic rings. The van der Waals surface area contributed by atoms with E-state index in [9.17, 15) is 10.1 Å². The molecule has 2 rings (SSSR count). The van der Waals surface area contributed by atoms with E-state index < -0.39 is 10.7 Å². The van der Waals surface area contributed by atoms with Crippen LogP contribution >= 0.6 is 0 Å². The SMILES string of the molecule is CC1(C)OCC(CNc2ccccc2[N+](=O)[O-])O1. The molecule has 18 heavy (non-hydrogen) atoms. The van der Waals surface area contributed by atoms with Gasteiger partial charge >= 0.3 is 0 Å². The summed E-state index contributed by atoms with van der Waals surface area (Å²) in [7, 11) is 0. The maximum absolute atomic E-state index is 10.8. The molecule has 1 aliphatic heterocycles. The van der Waals surface area contributed by atoms with E-state index >= 15 is 0 Å². The van der Waals surface area contributed by atoms with Crippen LogP contribution in [0.3, 0.4) is 0 Å². The van der Waals surface area contributed by atoms with Gasteiger partial charge in [0.15, 0.2) is 5.79 Å². The fraction of sp³-hybridized carbons (Fsp3) is 0.500. The first-order valence-corrected chi connectivity index (χ1v) is 5.77. The Morgan fingerprint density at radius 3 is 2.83 bits per heavy atom. The zero-order chi connectivity index (χ0) is 13.2. The third-order valence-corrected chi connectivity index (χ3v) is 2.69. The van der Waals surface area contributed by atoms with Crippen molar-refractivity contribution < 1.29 is 14.4 Å². The van der Waals surface area contributed by atoms with Gasteiger partial charge in [-0.3, -0.25) is 10.1 Å². The number of nitro benzene ring substituents is 1. The van der Waals surface area contributed by atoms with Crippen LogP contribution < -0.4 is 5.32 Å². The minimum absolute atomic E-state index is 0.0654. The van der Waals surface area contributed by atoms with Crippen molar-refractivity contribution >= 4 is 11.4 Å². The molecule has 1 aliphatic rings. The number of nitrogens with zero attached hydrogens (tertiary/aromatic N) is 1. The predicted octanol–water partition coefficient (Wildman–Crippen LogP) is 2.16. The van der Waals surface area contributed by atoms with Gasteiger partial charge in [0.25, 0.3) is 5.69 Å². The van der Waals surface area contributed by atoms with Crippen LogP contribution in [-0.2, 0) is 9.47 Å². The number of para-hydroxylation sites is 2. The lowest BCUT2D eigenvalue weighted by Gasteiger charge is -2.17. The minimum Gasteiger partial charge on any atom is -0.377 e. The van der Waals surface area contributed by atoms with E-state index in [1.54, 1.807) is 18.2 Å². The minimum atomic E-state index is -0.574. The number of anilines is 1. The van der Waals surface area contributed by atoms with Gasteiger partial charge < -0.3 is 14.8 Å². The number of rotatable bonds is 4. The molecule has 0 spiro atoms. The third-order valence-electron chi connectivity index (χ3n) is 2.69. The lowest BCUT2D eigenvalue weighted by atomic mass is 10.2. The highest BCUT2D eigenvalue weighted by Crippen LogP contribution is 2.25. The topological polar surface area (TPSA) is 73.6 Å². The molecule has 0 bridgehead atoms. The Morgan fingerprint density at radius 2 is 2.22 bits per heavy atom. The maximum atomic E-state index is 10.8. The fourth-order valence-corrected chi connectivity index (χ4v) is 1.87. The van der Waals surface area contributed by atoms with Crippen molar-refractivity contribution in [1.82, 2.24) is 0 Å². The first-order chi connectivity index (χ1) is 8.48. The Morgan fingerprint density at radius 1 is 1.50 bits per heavy atom. The number of hydrogen-bond donors (Lipinski definition) is 1. The van der Waals surface area contributed by atoms with Crippen molar-refractivity contribution in [3.63, 3.8) is 0 Å². The average Bonchev–Trinajstić information content (AvgIpc) is 2.66. The van der Waals surface area contributed by atoms with Gasteiger partial charge in [0.1, 0.15) is 11.8 Å². The highest BCUT2D eigenvalue weighted by Gasteiger charge is 2.32. The first-order valence-electron chi connectivity index (χ1n) is 5.77. The van der Waals surface area contributed by atoms with Gasteiger partial charge in [0, 0.05) is 12.6 Å². The van der Waals surface area contributed by atoms with Gasteiger partial charge in [0.2, 0.25) is 0 Å². The molecule has 6 heteroatoms. The van der Waals surface area contributed by atoms with E-state index in [0.29, 0.717) is 18.8 Å². The molecule has 0 saturated carbocycles. The highest BCUT2D eigenvalue weighted by molar-refractivity contribution is 5.61. The summed E-state index contributed by atoms with van der Waals surface area (Å²) in [5, 5.41) is 13.9. The quantitative estimate of drug-likeness (QED) is 0.656. The second-order valence-electron chi connectivity index (χ2n) is 4.61. The van der Waals surface area contributed by atoms with E-state index in [1.165, 1.54) is 6.07 Å². The molecule has 1 heterocycles. The molecule has 0 amide bonds. The molecule has 0 aromatic heterocycles. The second-order valence-corrected chi connectivity index (χ2v) is 4.61. The number of hydrogen-bond acceptors (Lipinski definition) is 5. The van der Waals surface area contributed by atoms with Crippen LogP contribution in [0.2, 0.25) is 0 Å². The lowest BCUT2D eigenvalue weighted by molar-refractivity contribution is -0.384. The number of nitrogens with one attached hydrogen (secondary N) is 1. The number of nitro groups is 1. The summed E-state index contributed by atoms with van der Waals surface area (Å²) >= 11 is 0. The van der Waals surface area contributed by atoms with E-state index in [2.05, 4.69) is 5.32 Å². The zero-order valence-corrected chi connectivity index (χ0v) is 10.4. The van der Waals surface area contributed by atoms with Gasteiger partial charge in [-0.25, -0.2) is 0 Å². The molecule has 1 N–H and O–H groups in total. The van der Waals surface area contributed by atoms with Gasteiger partial charge in [-0.15, -0.1) is 0 Å². The fourth-order valence-electron chi connectivity index (χ4n) is 1.87. The van der Waals surface area contributed by atoms with Crippen molar-refractivity contribution in [3.8, 4) is 0 Å². The van der Waals surface area contributed by atoms with Crippen molar-refractivity contribution in [2.24, 2.45) is 0 Å². The van der Waals surface area contributed by atoms with E-state index in [4.69, 9.17) is 9.47 Å². The molecule has 6 nitrogen and oxygen atoms in total. The van der Waals surface area contributed by atoms with Crippen LogP contribution in [0.4, 0.5) is 11.4 Å².